The maximum atomic E-state index is 7.34. The van der Waals surface area contributed by atoms with Gasteiger partial charge in [0.2, 0.25) is 0 Å². The molecule has 0 unspecified atom stereocenters. The highest BCUT2D eigenvalue weighted by atomic mass is 16.5. The van der Waals surface area contributed by atoms with E-state index in [0.29, 0.717) is 6.67 Å². The molecule has 1 aliphatic heterocycles. The van der Waals surface area contributed by atoms with Gasteiger partial charge in [0.15, 0.2) is 0 Å². The molecule has 9 rings (SSSR count). The summed E-state index contributed by atoms with van der Waals surface area (Å²) in [6, 6.07) is 48.0. The molecule has 386 valence electrons. The van der Waals surface area contributed by atoms with Crippen molar-refractivity contribution in [3.8, 4) is 17.3 Å². The Morgan fingerprint density at radius 3 is 1.45 bits per heavy atom. The Balaban J connectivity index is 1.25. The minimum Gasteiger partial charge on any atom is -0.457 e. The Bertz CT molecular complexity index is 3420. The number of pyridine rings is 1. The second-order valence-corrected chi connectivity index (χ2v) is 28.1. The molecule has 3 heterocycles. The zero-order valence-electron chi connectivity index (χ0n) is 48.6. The summed E-state index contributed by atoms with van der Waals surface area (Å²) < 4.78 is 9.68. The lowest BCUT2D eigenvalue weighted by Crippen LogP contribution is -2.26. The number of ether oxygens (including phenoxy) is 1. The van der Waals surface area contributed by atoms with Crippen LogP contribution in [0.15, 0.2) is 134 Å². The third kappa shape index (κ3) is 9.89. The van der Waals surface area contributed by atoms with Crippen molar-refractivity contribution in [3.63, 3.8) is 0 Å². The van der Waals surface area contributed by atoms with Crippen LogP contribution in [-0.2, 0) is 37.9 Å². The average molecular weight is 985 g/mol. The largest absolute Gasteiger partial charge is 0.457 e. The predicted molar refractivity (Wildman–Crippen MR) is 318 cm³/mol. The van der Waals surface area contributed by atoms with Gasteiger partial charge in [-0.05, 0) is 138 Å². The maximum absolute atomic E-state index is 7.34. The second-order valence-electron chi connectivity index (χ2n) is 28.1. The van der Waals surface area contributed by atoms with E-state index < -0.39 is 0 Å². The predicted octanol–water partition coefficient (Wildman–Crippen LogP) is 19.3. The summed E-state index contributed by atoms with van der Waals surface area (Å²) in [6.45, 7) is 47.2. The molecule has 8 aromatic rings. The van der Waals surface area contributed by atoms with E-state index in [9.17, 15) is 0 Å². The molecular formula is C69H84N4O. The molecule has 74 heavy (non-hydrogen) atoms. The SMILES string of the molecule is CC(C)(C)c1cc(Oc2cc(C(C)(C)C)c3c4ccccc4n(-c4cc(C(C)(C)C)ccn4)c3c2)cc(N2CN(c3cc(C(C)(C)C)cc(C(C)(C)c4ccccc4)c3)c3cc(C(C)(C)C)c(C(C)(C)C)cc32)c1. The molecule has 5 nitrogen and oxygen atoms in total. The Labute approximate surface area is 445 Å². The normalized spacial score (nSPS) is 14.1. The van der Waals surface area contributed by atoms with Gasteiger partial charge in [-0.1, -0.05) is 193 Å². The first-order valence-electron chi connectivity index (χ1n) is 27.0. The molecule has 0 saturated carbocycles. The number of fused-ring (bicyclic) bond motifs is 4. The zero-order valence-corrected chi connectivity index (χ0v) is 48.6. The summed E-state index contributed by atoms with van der Waals surface area (Å²) in [5.74, 6) is 2.52. The number of nitrogens with zero attached hydrogens (tertiary/aromatic N) is 4. The topological polar surface area (TPSA) is 33.5 Å². The minimum absolute atomic E-state index is 0.0359. The molecule has 0 spiro atoms. The number of aromatic nitrogens is 2. The summed E-state index contributed by atoms with van der Waals surface area (Å²) in [7, 11) is 0. The van der Waals surface area contributed by atoms with Gasteiger partial charge in [0.05, 0.1) is 22.4 Å². The lowest BCUT2D eigenvalue weighted by molar-refractivity contribution is 0.476. The Kier molecular flexibility index (Phi) is 12.7. The highest BCUT2D eigenvalue weighted by Gasteiger charge is 2.37. The van der Waals surface area contributed by atoms with Gasteiger partial charge >= 0.3 is 0 Å². The van der Waals surface area contributed by atoms with Crippen LogP contribution in [0, 0.1) is 0 Å². The number of benzene rings is 6. The molecule has 0 amide bonds. The van der Waals surface area contributed by atoms with E-state index in [4.69, 9.17) is 9.72 Å². The van der Waals surface area contributed by atoms with Crippen molar-refractivity contribution in [2.75, 3.05) is 16.5 Å². The molecule has 5 heteroatoms. The van der Waals surface area contributed by atoms with Crippen LogP contribution < -0.4 is 14.5 Å². The monoisotopic (exact) mass is 985 g/mol. The lowest BCUT2D eigenvalue weighted by Gasteiger charge is -2.33. The van der Waals surface area contributed by atoms with E-state index in [1.165, 1.54) is 72.3 Å². The fourth-order valence-electron chi connectivity index (χ4n) is 10.9. The molecule has 0 saturated heterocycles. The molecule has 0 fully saturated rings. The molecule has 0 aliphatic carbocycles. The van der Waals surface area contributed by atoms with Crippen molar-refractivity contribution < 1.29 is 4.74 Å². The summed E-state index contributed by atoms with van der Waals surface area (Å²) in [4.78, 5) is 10.2. The smallest absolute Gasteiger partial charge is 0.137 e. The summed E-state index contributed by atoms with van der Waals surface area (Å²) in [5, 5.41) is 2.45. The van der Waals surface area contributed by atoms with Gasteiger partial charge in [0, 0.05) is 45.9 Å². The number of para-hydroxylation sites is 1. The van der Waals surface area contributed by atoms with Crippen LogP contribution in [0.3, 0.4) is 0 Å². The second kappa shape index (κ2) is 17.9. The Morgan fingerprint density at radius 2 is 0.892 bits per heavy atom. The number of hydrogen-bond donors (Lipinski definition) is 0. The highest BCUT2D eigenvalue weighted by molar-refractivity contribution is 6.11. The number of hydrogen-bond acceptors (Lipinski definition) is 4. The molecule has 1 aliphatic rings. The highest BCUT2D eigenvalue weighted by Crippen LogP contribution is 2.52. The zero-order chi connectivity index (χ0) is 53.9. The molecule has 6 aromatic carbocycles. The van der Waals surface area contributed by atoms with Crippen molar-refractivity contribution in [3.05, 3.63) is 178 Å². The lowest BCUT2D eigenvalue weighted by atomic mass is 9.74. The first-order valence-corrected chi connectivity index (χ1v) is 27.0. The van der Waals surface area contributed by atoms with E-state index in [2.05, 4.69) is 280 Å². The van der Waals surface area contributed by atoms with Crippen molar-refractivity contribution in [1.29, 1.82) is 0 Å². The first kappa shape index (κ1) is 52.5. The van der Waals surface area contributed by atoms with Crippen LogP contribution in [0.2, 0.25) is 0 Å². The van der Waals surface area contributed by atoms with Gasteiger partial charge < -0.3 is 14.5 Å². The van der Waals surface area contributed by atoms with Crippen molar-refractivity contribution >= 4 is 44.6 Å². The van der Waals surface area contributed by atoms with E-state index in [0.717, 1.165) is 34.0 Å². The van der Waals surface area contributed by atoms with Gasteiger partial charge in [0.1, 0.15) is 24.0 Å². The summed E-state index contributed by atoms with van der Waals surface area (Å²) >= 11 is 0. The maximum Gasteiger partial charge on any atom is 0.137 e. The molecule has 0 atom stereocenters. The molecule has 0 N–H and O–H groups in total. The molecule has 2 aromatic heterocycles. The number of rotatable bonds is 7. The van der Waals surface area contributed by atoms with Gasteiger partial charge in [-0.15, -0.1) is 0 Å². The van der Waals surface area contributed by atoms with E-state index in [1.54, 1.807) is 0 Å². The van der Waals surface area contributed by atoms with Gasteiger partial charge in [-0.2, -0.15) is 0 Å². The van der Waals surface area contributed by atoms with Crippen LogP contribution >= 0.6 is 0 Å². The molecule has 0 radical (unpaired) electrons. The minimum atomic E-state index is -0.226. The fraction of sp³-hybridized carbons (Fsp3) is 0.406. The summed E-state index contributed by atoms with van der Waals surface area (Å²) in [5.41, 5.74) is 16.5. The van der Waals surface area contributed by atoms with Crippen LogP contribution in [-0.4, -0.2) is 16.2 Å². The van der Waals surface area contributed by atoms with Crippen LogP contribution in [0.1, 0.15) is 183 Å². The standard InChI is InChI=1S/C69H84N4O/c1-63(2,3)45-30-31-70-61(37-45)73-57-29-25-24-28-53(57)62-56(68(16,17)18)39-52(40-60(62)73)74-51-36-47(65(7,8)9)34-50(38-51)72-43-71(58-41-54(66(10,11)12)55(42-59(58)72)67(13,14)15)49-33-46(64(4,5)6)32-48(35-49)69(19,20)44-26-22-21-23-27-44/h21-42H,43H2,1-20H3. The number of anilines is 4. The van der Waals surface area contributed by atoms with Crippen molar-refractivity contribution in [1.82, 2.24) is 9.55 Å². The third-order valence-corrected chi connectivity index (χ3v) is 15.6. The van der Waals surface area contributed by atoms with Gasteiger partial charge in [-0.25, -0.2) is 4.98 Å². The summed E-state index contributed by atoms with van der Waals surface area (Å²) in [6.07, 6.45) is 1.96. The van der Waals surface area contributed by atoms with Crippen LogP contribution in [0.25, 0.3) is 27.6 Å². The van der Waals surface area contributed by atoms with Gasteiger partial charge in [-0.3, -0.25) is 4.57 Å². The van der Waals surface area contributed by atoms with Crippen molar-refractivity contribution in [2.45, 2.75) is 176 Å². The van der Waals surface area contributed by atoms with Crippen molar-refractivity contribution in [2.24, 2.45) is 0 Å². The first-order chi connectivity index (χ1) is 34.2. The quantitative estimate of drug-likeness (QED) is 0.159. The Hall–Kier alpha value is -6.33. The molecular weight excluding hydrogens is 901 g/mol. The fourth-order valence-corrected chi connectivity index (χ4v) is 10.9. The van der Waals surface area contributed by atoms with Crippen LogP contribution in [0.5, 0.6) is 11.5 Å². The third-order valence-electron chi connectivity index (χ3n) is 15.6. The molecule has 0 bridgehead atoms. The Morgan fingerprint density at radius 1 is 0.392 bits per heavy atom. The average Bonchev–Trinajstić information content (AvgIpc) is 3.85. The van der Waals surface area contributed by atoms with Gasteiger partial charge in [0.25, 0.3) is 0 Å². The van der Waals surface area contributed by atoms with E-state index in [-0.39, 0.29) is 37.9 Å². The van der Waals surface area contributed by atoms with E-state index in [1.807, 2.05) is 6.20 Å². The van der Waals surface area contributed by atoms with Crippen LogP contribution in [0.4, 0.5) is 22.7 Å². The van der Waals surface area contributed by atoms with E-state index >= 15 is 0 Å².